The first-order valence-corrected chi connectivity index (χ1v) is 10.1. The lowest BCUT2D eigenvalue weighted by molar-refractivity contribution is -0.135. The molecule has 29 heavy (non-hydrogen) atoms. The van der Waals surface area contributed by atoms with Crippen LogP contribution >= 0.6 is 0 Å². The summed E-state index contributed by atoms with van der Waals surface area (Å²) in [4.78, 5) is 40.6. The molecule has 1 aromatic rings. The minimum atomic E-state index is -0.752. The molecule has 3 atom stereocenters. The Morgan fingerprint density at radius 3 is 2.52 bits per heavy atom. The van der Waals surface area contributed by atoms with Gasteiger partial charge in [-0.2, -0.15) is 0 Å². The number of carbonyl (C=O) groups excluding carboxylic acids is 3. The predicted octanol–water partition coefficient (Wildman–Crippen LogP) is 1.80. The lowest BCUT2D eigenvalue weighted by atomic mass is 9.79. The fourth-order valence-corrected chi connectivity index (χ4v) is 5.07. The van der Waals surface area contributed by atoms with Gasteiger partial charge in [0.25, 0.3) is 0 Å². The van der Waals surface area contributed by atoms with Gasteiger partial charge < -0.3 is 15.1 Å². The van der Waals surface area contributed by atoms with Crippen LogP contribution < -0.4 is 5.32 Å². The van der Waals surface area contributed by atoms with Crippen LogP contribution in [0, 0.1) is 17.6 Å². The zero-order valence-corrected chi connectivity index (χ0v) is 16.4. The molecule has 3 aliphatic rings. The molecule has 6 nitrogen and oxygen atoms in total. The van der Waals surface area contributed by atoms with E-state index in [-0.39, 0.29) is 37.2 Å². The minimum absolute atomic E-state index is 0.0659. The third-order valence-corrected chi connectivity index (χ3v) is 6.50. The molecule has 1 aromatic carbocycles. The van der Waals surface area contributed by atoms with Gasteiger partial charge in [-0.3, -0.25) is 14.4 Å². The van der Waals surface area contributed by atoms with E-state index in [1.54, 1.807) is 16.8 Å². The van der Waals surface area contributed by atoms with Crippen molar-refractivity contribution >= 4 is 17.7 Å². The Kier molecular flexibility index (Phi) is 5.04. The molecule has 1 N–H and O–H groups in total. The van der Waals surface area contributed by atoms with Gasteiger partial charge in [0, 0.05) is 51.5 Å². The number of benzene rings is 1. The lowest BCUT2D eigenvalue weighted by Crippen LogP contribution is -2.53. The Morgan fingerprint density at radius 1 is 1.14 bits per heavy atom. The van der Waals surface area contributed by atoms with E-state index in [1.165, 1.54) is 12.1 Å². The molecule has 0 aromatic heterocycles. The number of nitrogens with zero attached hydrogens (tertiary/aromatic N) is 2. The van der Waals surface area contributed by atoms with Crippen LogP contribution in [0.2, 0.25) is 0 Å². The maximum Gasteiger partial charge on any atom is 0.228 e. The normalized spacial score (nSPS) is 30.0. The van der Waals surface area contributed by atoms with Gasteiger partial charge in [-0.15, -0.1) is 0 Å². The Balaban J connectivity index is 1.66. The van der Waals surface area contributed by atoms with Gasteiger partial charge in [0.1, 0.15) is 11.6 Å². The van der Waals surface area contributed by atoms with Crippen molar-refractivity contribution in [3.05, 3.63) is 35.4 Å². The summed E-state index contributed by atoms with van der Waals surface area (Å²) in [6, 6.07) is 3.39. The first-order chi connectivity index (χ1) is 13.8. The average molecular weight is 405 g/mol. The number of hydrogen-bond donors (Lipinski definition) is 1. The summed E-state index contributed by atoms with van der Waals surface area (Å²) in [6.07, 6.45) is 2.74. The van der Waals surface area contributed by atoms with Crippen molar-refractivity contribution in [1.29, 1.82) is 0 Å². The van der Waals surface area contributed by atoms with Crippen LogP contribution in [0.5, 0.6) is 0 Å². The number of carbonyl (C=O) groups is 3. The molecule has 3 aliphatic heterocycles. The molecule has 8 heteroatoms. The molecule has 3 fully saturated rings. The highest BCUT2D eigenvalue weighted by atomic mass is 19.1. The Morgan fingerprint density at radius 2 is 1.86 bits per heavy atom. The minimum Gasteiger partial charge on any atom is -0.348 e. The van der Waals surface area contributed by atoms with Gasteiger partial charge in [0.2, 0.25) is 17.7 Å². The van der Waals surface area contributed by atoms with Gasteiger partial charge in [0.05, 0.1) is 11.5 Å². The molecule has 4 rings (SSSR count). The topological polar surface area (TPSA) is 69.7 Å². The average Bonchev–Trinajstić information content (AvgIpc) is 3.11. The molecular weight excluding hydrogens is 380 g/mol. The van der Waals surface area contributed by atoms with E-state index in [1.807, 2.05) is 0 Å². The molecule has 0 bridgehead atoms. The number of likely N-dealkylation sites (tertiary alicyclic amines) is 2. The van der Waals surface area contributed by atoms with E-state index in [0.29, 0.717) is 24.9 Å². The van der Waals surface area contributed by atoms with Crippen LogP contribution in [-0.2, 0) is 14.4 Å². The van der Waals surface area contributed by atoms with Crippen LogP contribution in [-0.4, -0.2) is 59.7 Å². The van der Waals surface area contributed by atoms with Crippen LogP contribution in [0.4, 0.5) is 8.78 Å². The van der Waals surface area contributed by atoms with E-state index in [0.717, 1.165) is 18.9 Å². The van der Waals surface area contributed by atoms with Gasteiger partial charge in [0.15, 0.2) is 0 Å². The van der Waals surface area contributed by atoms with Crippen molar-refractivity contribution in [2.75, 3.05) is 26.7 Å². The highest BCUT2D eigenvalue weighted by Gasteiger charge is 2.51. The molecule has 0 saturated carbocycles. The molecule has 0 radical (unpaired) electrons. The molecule has 156 valence electrons. The summed E-state index contributed by atoms with van der Waals surface area (Å²) in [5.41, 5.74) is -0.308. The second-order valence-corrected chi connectivity index (χ2v) is 8.56. The SMILES string of the molecule is CN1C[C@@H](C(=O)N2C[C@@H](c3cc(F)cc(F)c3)[C@@]3(CCCCC(=O)N3)C2)CC1=O. The third-order valence-electron chi connectivity index (χ3n) is 6.50. The quantitative estimate of drug-likeness (QED) is 0.816. The summed E-state index contributed by atoms with van der Waals surface area (Å²) in [5, 5.41) is 3.08. The third kappa shape index (κ3) is 3.72. The molecule has 3 saturated heterocycles. The first-order valence-electron chi connectivity index (χ1n) is 10.1. The smallest absolute Gasteiger partial charge is 0.228 e. The Hall–Kier alpha value is -2.51. The number of nitrogens with one attached hydrogen (secondary N) is 1. The van der Waals surface area contributed by atoms with Crippen molar-refractivity contribution < 1.29 is 23.2 Å². The zero-order valence-electron chi connectivity index (χ0n) is 16.4. The second kappa shape index (κ2) is 7.39. The summed E-state index contributed by atoms with van der Waals surface area (Å²) >= 11 is 0. The maximum atomic E-state index is 13.9. The lowest BCUT2D eigenvalue weighted by Gasteiger charge is -2.34. The van der Waals surface area contributed by atoms with Crippen molar-refractivity contribution in [3.63, 3.8) is 0 Å². The number of rotatable bonds is 2. The number of hydrogen-bond acceptors (Lipinski definition) is 3. The van der Waals surface area contributed by atoms with Crippen LogP contribution in [0.3, 0.4) is 0 Å². The molecular formula is C21H25F2N3O3. The van der Waals surface area contributed by atoms with Gasteiger partial charge >= 0.3 is 0 Å². The maximum absolute atomic E-state index is 13.9. The highest BCUT2D eigenvalue weighted by molar-refractivity contribution is 5.89. The monoisotopic (exact) mass is 405 g/mol. The summed E-state index contributed by atoms with van der Waals surface area (Å²) in [6.45, 7) is 0.915. The fraction of sp³-hybridized carbons (Fsp3) is 0.571. The van der Waals surface area contributed by atoms with Crippen molar-refractivity contribution in [2.24, 2.45) is 5.92 Å². The summed E-state index contributed by atoms with van der Waals surface area (Å²) < 4.78 is 27.9. The first kappa shape index (κ1) is 19.8. The predicted molar refractivity (Wildman–Crippen MR) is 101 cm³/mol. The Bertz CT molecular complexity index is 841. The second-order valence-electron chi connectivity index (χ2n) is 8.56. The van der Waals surface area contributed by atoms with E-state index in [2.05, 4.69) is 5.32 Å². The molecule has 1 spiro atoms. The van der Waals surface area contributed by atoms with Crippen LogP contribution in [0.1, 0.15) is 43.6 Å². The van der Waals surface area contributed by atoms with Crippen molar-refractivity contribution in [3.8, 4) is 0 Å². The van der Waals surface area contributed by atoms with E-state index < -0.39 is 29.0 Å². The van der Waals surface area contributed by atoms with E-state index >= 15 is 0 Å². The highest BCUT2D eigenvalue weighted by Crippen LogP contribution is 2.42. The van der Waals surface area contributed by atoms with E-state index in [9.17, 15) is 23.2 Å². The number of halogens is 2. The largest absolute Gasteiger partial charge is 0.348 e. The van der Waals surface area contributed by atoms with Crippen molar-refractivity contribution in [2.45, 2.75) is 43.6 Å². The van der Waals surface area contributed by atoms with E-state index in [4.69, 9.17) is 0 Å². The van der Waals surface area contributed by atoms with Crippen molar-refractivity contribution in [1.82, 2.24) is 15.1 Å². The molecule has 3 amide bonds. The van der Waals surface area contributed by atoms with Gasteiger partial charge in [-0.25, -0.2) is 8.78 Å². The molecule has 3 heterocycles. The van der Waals surface area contributed by atoms with Crippen LogP contribution in [0.15, 0.2) is 18.2 Å². The molecule has 0 unspecified atom stereocenters. The molecule has 0 aliphatic carbocycles. The number of amides is 3. The van der Waals surface area contributed by atoms with Crippen LogP contribution in [0.25, 0.3) is 0 Å². The van der Waals surface area contributed by atoms with Gasteiger partial charge in [-0.05, 0) is 30.5 Å². The Labute approximate surface area is 168 Å². The van der Waals surface area contributed by atoms with Gasteiger partial charge in [-0.1, -0.05) is 6.42 Å². The summed E-state index contributed by atoms with van der Waals surface area (Å²) in [7, 11) is 1.67. The standard InChI is InChI=1S/C21H25F2N3O3/c1-25-10-14(8-19(25)28)20(29)26-11-17(13-6-15(22)9-16(23)7-13)21(12-26)5-3-2-4-18(27)24-21/h6-7,9,14,17H,2-5,8,10-12H2,1H3,(H,24,27)/t14-,17-,21+/m0/s1. The summed E-state index contributed by atoms with van der Waals surface area (Å²) in [5.74, 6) is -2.49. The zero-order chi connectivity index (χ0) is 20.8. The fourth-order valence-electron chi connectivity index (χ4n) is 5.07.